The van der Waals surface area contributed by atoms with Crippen LogP contribution in [-0.4, -0.2) is 79.0 Å². The highest BCUT2D eigenvalue weighted by Crippen LogP contribution is 2.12. The number of hydrogen-bond acceptors (Lipinski definition) is 5. The van der Waals surface area contributed by atoms with Crippen molar-refractivity contribution in [3.05, 3.63) is 60.1 Å². The number of hydrogen-bond donors (Lipinski definition) is 0. The van der Waals surface area contributed by atoms with Crippen molar-refractivity contribution in [3.63, 3.8) is 0 Å². The zero-order valence-corrected chi connectivity index (χ0v) is 23.3. The predicted octanol–water partition coefficient (Wildman–Crippen LogP) is 5.15. The summed E-state index contributed by atoms with van der Waals surface area (Å²) in [4.78, 5) is 32.8. The molecule has 0 atom stereocenters. The molecule has 210 valence electrons. The zero-order chi connectivity index (χ0) is 26.8. The lowest BCUT2D eigenvalue weighted by atomic mass is 10.1. The highest BCUT2D eigenvalue weighted by atomic mass is 16.5. The van der Waals surface area contributed by atoms with Gasteiger partial charge in [0.2, 0.25) is 11.8 Å². The highest BCUT2D eigenvalue weighted by Gasteiger charge is 2.23. The maximum absolute atomic E-state index is 13.6. The van der Waals surface area contributed by atoms with Crippen LogP contribution >= 0.6 is 0 Å². The van der Waals surface area contributed by atoms with E-state index in [2.05, 4.69) is 24.0 Å². The molecule has 38 heavy (non-hydrogen) atoms. The summed E-state index contributed by atoms with van der Waals surface area (Å²) in [5, 5.41) is 0. The third-order valence-electron chi connectivity index (χ3n) is 7.26. The number of benzene rings is 1. The van der Waals surface area contributed by atoms with Crippen LogP contribution < -0.4 is 0 Å². The fourth-order valence-electron chi connectivity index (χ4n) is 4.82. The molecule has 0 bridgehead atoms. The summed E-state index contributed by atoms with van der Waals surface area (Å²) in [5.41, 5.74) is 1.18. The number of ether oxygens (including phenoxy) is 1. The molecule has 7 nitrogen and oxygen atoms in total. The number of morpholine rings is 1. The molecule has 3 rings (SSSR count). The molecule has 0 N–H and O–H groups in total. The van der Waals surface area contributed by atoms with Crippen LogP contribution in [0.15, 0.2) is 53.1 Å². The Morgan fingerprint density at radius 2 is 1.58 bits per heavy atom. The number of furan rings is 1. The Kier molecular flexibility index (Phi) is 14.0. The molecule has 1 aliphatic rings. The monoisotopic (exact) mass is 525 g/mol. The Bertz CT molecular complexity index is 897. The van der Waals surface area contributed by atoms with E-state index < -0.39 is 0 Å². The Morgan fingerprint density at radius 1 is 0.842 bits per heavy atom. The van der Waals surface area contributed by atoms with Crippen LogP contribution in [0.5, 0.6) is 0 Å². The first-order chi connectivity index (χ1) is 18.7. The van der Waals surface area contributed by atoms with Gasteiger partial charge in [-0.1, -0.05) is 75.8 Å². The van der Waals surface area contributed by atoms with Gasteiger partial charge in [0, 0.05) is 39.1 Å². The van der Waals surface area contributed by atoms with Gasteiger partial charge in [-0.15, -0.1) is 0 Å². The minimum Gasteiger partial charge on any atom is -0.467 e. The van der Waals surface area contributed by atoms with Crippen LogP contribution in [0.1, 0.15) is 69.6 Å². The second-order valence-corrected chi connectivity index (χ2v) is 10.3. The summed E-state index contributed by atoms with van der Waals surface area (Å²) >= 11 is 0. The minimum absolute atomic E-state index is 0.0350. The molecule has 0 spiro atoms. The van der Waals surface area contributed by atoms with Crippen molar-refractivity contribution >= 4 is 11.8 Å². The topological polar surface area (TPSA) is 66.2 Å². The highest BCUT2D eigenvalue weighted by molar-refractivity contribution is 5.84. The average Bonchev–Trinajstić information content (AvgIpc) is 3.47. The van der Waals surface area contributed by atoms with Gasteiger partial charge in [-0.3, -0.25) is 14.5 Å². The van der Waals surface area contributed by atoms with Gasteiger partial charge in [0.15, 0.2) is 0 Å². The van der Waals surface area contributed by atoms with Crippen LogP contribution in [0.3, 0.4) is 0 Å². The van der Waals surface area contributed by atoms with Crippen molar-refractivity contribution in [1.29, 1.82) is 0 Å². The largest absolute Gasteiger partial charge is 0.467 e. The fourth-order valence-corrected chi connectivity index (χ4v) is 4.82. The van der Waals surface area contributed by atoms with E-state index in [4.69, 9.17) is 9.15 Å². The van der Waals surface area contributed by atoms with Crippen molar-refractivity contribution < 1.29 is 18.7 Å². The SMILES string of the molecule is CCCCCCCCCC(=O)N(CCN1CCOCC1)CC(=O)N(CCc1ccccc1)Cc1ccco1. The first-order valence-corrected chi connectivity index (χ1v) is 14.6. The van der Waals surface area contributed by atoms with Crippen LogP contribution in [0.2, 0.25) is 0 Å². The summed E-state index contributed by atoms with van der Waals surface area (Å²) in [6.45, 7) is 7.83. The molecule has 1 aliphatic heterocycles. The third kappa shape index (κ3) is 11.4. The molecule has 0 aliphatic carbocycles. The first kappa shape index (κ1) is 29.9. The van der Waals surface area contributed by atoms with Gasteiger partial charge in [0.05, 0.1) is 32.6 Å². The smallest absolute Gasteiger partial charge is 0.242 e. The van der Waals surface area contributed by atoms with Gasteiger partial charge >= 0.3 is 0 Å². The number of amides is 2. The fraction of sp³-hybridized carbons (Fsp3) is 0.613. The zero-order valence-electron chi connectivity index (χ0n) is 23.3. The van der Waals surface area contributed by atoms with E-state index in [1.807, 2.05) is 35.2 Å². The molecule has 1 aromatic carbocycles. The van der Waals surface area contributed by atoms with Gasteiger partial charge in [-0.2, -0.15) is 0 Å². The molecule has 0 saturated carbocycles. The predicted molar refractivity (Wildman–Crippen MR) is 151 cm³/mol. The van der Waals surface area contributed by atoms with E-state index in [0.717, 1.165) is 57.9 Å². The third-order valence-corrected chi connectivity index (χ3v) is 7.26. The van der Waals surface area contributed by atoms with Gasteiger partial charge in [-0.25, -0.2) is 0 Å². The molecular weight excluding hydrogens is 478 g/mol. The summed E-state index contributed by atoms with van der Waals surface area (Å²) in [5.74, 6) is 0.800. The van der Waals surface area contributed by atoms with Crippen LogP contribution in [0.4, 0.5) is 0 Å². The van der Waals surface area contributed by atoms with E-state index in [0.29, 0.717) is 26.1 Å². The van der Waals surface area contributed by atoms with E-state index >= 15 is 0 Å². The quantitative estimate of drug-likeness (QED) is 0.252. The van der Waals surface area contributed by atoms with Crippen molar-refractivity contribution in [2.24, 2.45) is 0 Å². The molecule has 0 radical (unpaired) electrons. The number of unbranched alkanes of at least 4 members (excludes halogenated alkanes) is 6. The average molecular weight is 526 g/mol. The first-order valence-electron chi connectivity index (χ1n) is 14.6. The van der Waals surface area contributed by atoms with Gasteiger partial charge in [0.25, 0.3) is 0 Å². The second-order valence-electron chi connectivity index (χ2n) is 10.3. The number of carbonyl (C=O) groups excluding carboxylic acids is 2. The van der Waals surface area contributed by atoms with E-state index in [9.17, 15) is 9.59 Å². The minimum atomic E-state index is -0.0350. The van der Waals surface area contributed by atoms with Crippen molar-refractivity contribution in [1.82, 2.24) is 14.7 Å². The van der Waals surface area contributed by atoms with E-state index in [-0.39, 0.29) is 18.4 Å². The van der Waals surface area contributed by atoms with E-state index in [1.54, 1.807) is 11.2 Å². The summed E-state index contributed by atoms with van der Waals surface area (Å²) in [6.07, 6.45) is 11.1. The summed E-state index contributed by atoms with van der Waals surface area (Å²) in [6, 6.07) is 13.9. The molecule has 1 fully saturated rings. The molecule has 1 saturated heterocycles. The summed E-state index contributed by atoms with van der Waals surface area (Å²) < 4.78 is 11.0. The van der Waals surface area contributed by atoms with Gasteiger partial charge in [0.1, 0.15) is 5.76 Å². The molecule has 7 heteroatoms. The van der Waals surface area contributed by atoms with Crippen LogP contribution in [0, 0.1) is 0 Å². The van der Waals surface area contributed by atoms with Gasteiger partial charge in [-0.05, 0) is 30.5 Å². The number of carbonyl (C=O) groups is 2. The Hall–Kier alpha value is -2.64. The molecule has 2 amide bonds. The maximum Gasteiger partial charge on any atom is 0.242 e. The molecule has 1 aromatic heterocycles. The molecular formula is C31H47N3O4. The lowest BCUT2D eigenvalue weighted by Crippen LogP contribution is -2.47. The maximum atomic E-state index is 13.6. The normalized spacial score (nSPS) is 13.9. The second kappa shape index (κ2) is 17.8. The molecule has 2 aromatic rings. The lowest BCUT2D eigenvalue weighted by Gasteiger charge is -2.31. The van der Waals surface area contributed by atoms with Crippen molar-refractivity contribution in [2.45, 2.75) is 71.3 Å². The molecule has 0 unspecified atom stereocenters. The Morgan fingerprint density at radius 3 is 2.29 bits per heavy atom. The molecule has 2 heterocycles. The number of nitrogens with zero attached hydrogens (tertiary/aromatic N) is 3. The standard InChI is InChI=1S/C31H47N3O4/c1-2-3-4-5-6-7-11-16-30(35)34(20-19-32-21-24-37-25-22-32)27-31(36)33(26-29-15-12-23-38-29)18-17-28-13-9-8-10-14-28/h8-10,12-15,23H,2-7,11,16-22,24-27H2,1H3. The van der Waals surface area contributed by atoms with Gasteiger partial charge < -0.3 is 19.0 Å². The van der Waals surface area contributed by atoms with Crippen molar-refractivity contribution in [2.75, 3.05) is 52.5 Å². The summed E-state index contributed by atoms with van der Waals surface area (Å²) in [7, 11) is 0. The van der Waals surface area contributed by atoms with Crippen molar-refractivity contribution in [3.8, 4) is 0 Å². The Balaban J connectivity index is 1.58. The van der Waals surface area contributed by atoms with E-state index in [1.165, 1.54) is 37.7 Å². The lowest BCUT2D eigenvalue weighted by molar-refractivity contribution is -0.141. The van der Waals surface area contributed by atoms with Crippen LogP contribution in [0.25, 0.3) is 0 Å². The Labute approximate surface area is 229 Å². The van der Waals surface area contributed by atoms with Crippen LogP contribution in [-0.2, 0) is 27.3 Å². The number of rotatable bonds is 18.